The maximum absolute atomic E-state index is 13.5. The molecule has 1 aliphatic rings. The Hall–Kier alpha value is -3.74. The zero-order valence-electron chi connectivity index (χ0n) is 18.8. The number of pyridine rings is 1. The van der Waals surface area contributed by atoms with E-state index in [4.69, 9.17) is 4.74 Å². The highest BCUT2D eigenvalue weighted by Gasteiger charge is 2.35. The highest BCUT2D eigenvalue weighted by molar-refractivity contribution is 6.04. The maximum atomic E-state index is 13.5. The molecule has 4 rings (SSSR count). The summed E-state index contributed by atoms with van der Waals surface area (Å²) < 4.78 is 19.8. The molecule has 1 N–H and O–H groups in total. The van der Waals surface area contributed by atoms with E-state index in [1.54, 1.807) is 19.2 Å². The van der Waals surface area contributed by atoms with E-state index in [1.165, 1.54) is 35.0 Å². The lowest BCUT2D eigenvalue weighted by Gasteiger charge is -2.31. The average molecular weight is 448 g/mol. The van der Waals surface area contributed by atoms with Gasteiger partial charge in [0, 0.05) is 30.4 Å². The summed E-state index contributed by atoms with van der Waals surface area (Å²) in [5.41, 5.74) is 1.07. The van der Waals surface area contributed by atoms with Gasteiger partial charge in [-0.2, -0.15) is 0 Å². The number of rotatable bonds is 5. The van der Waals surface area contributed by atoms with Crippen LogP contribution >= 0.6 is 0 Å². The van der Waals surface area contributed by atoms with Crippen LogP contribution in [-0.4, -0.2) is 23.4 Å². The van der Waals surface area contributed by atoms with Crippen LogP contribution in [0.1, 0.15) is 52.1 Å². The first-order chi connectivity index (χ1) is 15.7. The number of ketones is 1. The number of carbonyl (C=O) groups is 2. The van der Waals surface area contributed by atoms with Gasteiger partial charge in [0.15, 0.2) is 5.78 Å². The van der Waals surface area contributed by atoms with Gasteiger partial charge in [-0.05, 0) is 59.4 Å². The number of nitrogens with one attached hydrogen (secondary N) is 1. The molecule has 170 valence electrons. The monoisotopic (exact) mass is 448 g/mol. The number of carbonyl (C=O) groups excluding carboxylic acids is 2. The lowest BCUT2D eigenvalue weighted by molar-refractivity contribution is 0.0909. The van der Waals surface area contributed by atoms with Crippen molar-refractivity contribution in [3.8, 4) is 11.4 Å². The molecule has 1 aromatic heterocycles. The first-order valence-electron chi connectivity index (χ1n) is 10.7. The lowest BCUT2D eigenvalue weighted by atomic mass is 9.73. The summed E-state index contributed by atoms with van der Waals surface area (Å²) in [6.45, 7) is 4.09. The summed E-state index contributed by atoms with van der Waals surface area (Å²) in [4.78, 5) is 39.7. The number of halogens is 1. The van der Waals surface area contributed by atoms with Crippen molar-refractivity contribution in [2.24, 2.45) is 5.41 Å². The molecule has 2 aromatic carbocycles. The standard InChI is InChI=1S/C26H25FN2O4/c1-26(2)12-20-21(22(30)13-26)15-29(18-8-6-17(27)7-9-18)25(32)23(20)24(31)28-14-16-4-10-19(33-3)11-5-16/h4-11,15H,12-14H2,1-3H3,(H,28,31). The van der Waals surface area contributed by atoms with E-state index < -0.39 is 17.3 Å². The number of amides is 1. The molecule has 0 aliphatic heterocycles. The molecule has 0 radical (unpaired) electrons. The van der Waals surface area contributed by atoms with Crippen LogP contribution in [0.4, 0.5) is 4.39 Å². The second-order valence-electron chi connectivity index (χ2n) is 9.02. The van der Waals surface area contributed by atoms with Gasteiger partial charge in [-0.15, -0.1) is 0 Å². The normalized spacial score (nSPS) is 14.5. The third-order valence-corrected chi connectivity index (χ3v) is 5.86. The number of ether oxygens (including phenoxy) is 1. The van der Waals surface area contributed by atoms with Gasteiger partial charge in [0.05, 0.1) is 7.11 Å². The minimum absolute atomic E-state index is 0.0496. The van der Waals surface area contributed by atoms with Crippen LogP contribution in [0.5, 0.6) is 5.75 Å². The fraction of sp³-hybridized carbons (Fsp3) is 0.269. The predicted octanol–water partition coefficient (Wildman–Crippen LogP) is 4.07. The zero-order valence-corrected chi connectivity index (χ0v) is 18.8. The van der Waals surface area contributed by atoms with Crippen LogP contribution in [0.3, 0.4) is 0 Å². The van der Waals surface area contributed by atoms with Gasteiger partial charge in [0.2, 0.25) is 0 Å². The zero-order chi connectivity index (χ0) is 23.8. The third-order valence-electron chi connectivity index (χ3n) is 5.86. The van der Waals surface area contributed by atoms with Gasteiger partial charge in [-0.3, -0.25) is 19.0 Å². The van der Waals surface area contributed by atoms with E-state index in [2.05, 4.69) is 5.32 Å². The van der Waals surface area contributed by atoms with Crippen LogP contribution in [0.2, 0.25) is 0 Å². The first kappa shape index (κ1) is 22.5. The van der Waals surface area contributed by atoms with Crippen molar-refractivity contribution >= 4 is 11.7 Å². The fourth-order valence-electron chi connectivity index (χ4n) is 4.19. The smallest absolute Gasteiger partial charge is 0.268 e. The van der Waals surface area contributed by atoms with Crippen molar-refractivity contribution < 1.29 is 18.7 Å². The van der Waals surface area contributed by atoms with Gasteiger partial charge in [-0.1, -0.05) is 26.0 Å². The third kappa shape index (κ3) is 4.58. The summed E-state index contributed by atoms with van der Waals surface area (Å²) in [5.74, 6) is -0.416. The van der Waals surface area contributed by atoms with Crippen LogP contribution in [0.15, 0.2) is 59.5 Å². The fourth-order valence-corrected chi connectivity index (χ4v) is 4.19. The molecule has 0 fully saturated rings. The van der Waals surface area contributed by atoms with E-state index in [9.17, 15) is 18.8 Å². The average Bonchev–Trinajstić information content (AvgIpc) is 2.77. The molecule has 7 heteroatoms. The summed E-state index contributed by atoms with van der Waals surface area (Å²) in [6.07, 6.45) is 2.22. The number of hydrogen-bond acceptors (Lipinski definition) is 4. The lowest BCUT2D eigenvalue weighted by Crippen LogP contribution is -2.38. The van der Waals surface area contributed by atoms with Crippen LogP contribution in [0.25, 0.3) is 5.69 Å². The summed E-state index contributed by atoms with van der Waals surface area (Å²) in [5, 5.41) is 2.81. The van der Waals surface area contributed by atoms with Gasteiger partial charge in [0.1, 0.15) is 17.1 Å². The topological polar surface area (TPSA) is 77.4 Å². The predicted molar refractivity (Wildman–Crippen MR) is 123 cm³/mol. The Labute approximate surface area is 191 Å². The second-order valence-corrected chi connectivity index (χ2v) is 9.02. The molecule has 0 bridgehead atoms. The number of hydrogen-bond donors (Lipinski definition) is 1. The van der Waals surface area contributed by atoms with E-state index >= 15 is 0 Å². The Bertz CT molecular complexity index is 1280. The molecule has 0 atom stereocenters. The van der Waals surface area contributed by atoms with Gasteiger partial charge in [-0.25, -0.2) is 4.39 Å². The second kappa shape index (κ2) is 8.65. The number of methoxy groups -OCH3 is 1. The number of aromatic nitrogens is 1. The summed E-state index contributed by atoms with van der Waals surface area (Å²) in [6, 6.07) is 12.6. The van der Waals surface area contributed by atoms with E-state index in [0.29, 0.717) is 35.4 Å². The number of benzene rings is 2. The first-order valence-corrected chi connectivity index (χ1v) is 10.7. The van der Waals surface area contributed by atoms with Gasteiger partial charge < -0.3 is 10.1 Å². The van der Waals surface area contributed by atoms with Crippen molar-refractivity contribution in [2.45, 2.75) is 33.2 Å². The largest absolute Gasteiger partial charge is 0.497 e. The summed E-state index contributed by atoms with van der Waals surface area (Å²) in [7, 11) is 1.57. The minimum Gasteiger partial charge on any atom is -0.497 e. The van der Waals surface area contributed by atoms with E-state index in [1.807, 2.05) is 26.0 Å². The van der Waals surface area contributed by atoms with Crippen LogP contribution < -0.4 is 15.6 Å². The molecule has 0 saturated heterocycles. The molecular formula is C26H25FN2O4. The van der Waals surface area contributed by atoms with Crippen molar-refractivity contribution in [1.82, 2.24) is 9.88 Å². The van der Waals surface area contributed by atoms with Crippen molar-refractivity contribution in [3.05, 3.63) is 93.2 Å². The Morgan fingerprint density at radius 2 is 1.73 bits per heavy atom. The number of fused-ring (bicyclic) bond motifs is 1. The van der Waals surface area contributed by atoms with Crippen molar-refractivity contribution in [1.29, 1.82) is 0 Å². The molecule has 0 spiro atoms. The SMILES string of the molecule is COc1ccc(CNC(=O)c2c3c(cn(-c4ccc(F)cc4)c2=O)C(=O)CC(C)(C)C3)cc1. The van der Waals surface area contributed by atoms with Crippen LogP contribution in [0, 0.1) is 11.2 Å². The number of nitrogens with zero attached hydrogens (tertiary/aromatic N) is 1. The van der Waals surface area contributed by atoms with Gasteiger partial charge >= 0.3 is 0 Å². The molecule has 33 heavy (non-hydrogen) atoms. The van der Waals surface area contributed by atoms with E-state index in [0.717, 1.165) is 5.56 Å². The molecular weight excluding hydrogens is 423 g/mol. The molecule has 3 aromatic rings. The highest BCUT2D eigenvalue weighted by atomic mass is 19.1. The minimum atomic E-state index is -0.547. The Morgan fingerprint density at radius 1 is 1.06 bits per heavy atom. The summed E-state index contributed by atoms with van der Waals surface area (Å²) >= 11 is 0. The number of Topliss-reactive ketones (excluding diaryl/α,β-unsaturated/α-hetero) is 1. The Balaban J connectivity index is 1.77. The van der Waals surface area contributed by atoms with E-state index in [-0.39, 0.29) is 23.3 Å². The molecule has 1 heterocycles. The van der Waals surface area contributed by atoms with Crippen LogP contribution in [-0.2, 0) is 13.0 Å². The van der Waals surface area contributed by atoms with Gasteiger partial charge in [0.25, 0.3) is 11.5 Å². The Kier molecular flexibility index (Phi) is 5.89. The molecule has 1 aliphatic carbocycles. The molecule has 1 amide bonds. The molecule has 0 saturated carbocycles. The van der Waals surface area contributed by atoms with Crippen molar-refractivity contribution in [3.63, 3.8) is 0 Å². The highest BCUT2D eigenvalue weighted by Crippen LogP contribution is 2.35. The Morgan fingerprint density at radius 3 is 2.36 bits per heavy atom. The molecule has 6 nitrogen and oxygen atoms in total. The maximum Gasteiger partial charge on any atom is 0.268 e. The van der Waals surface area contributed by atoms with Crippen molar-refractivity contribution in [2.75, 3.05) is 7.11 Å². The quantitative estimate of drug-likeness (QED) is 0.638. The molecule has 0 unspecified atom stereocenters.